The predicted molar refractivity (Wildman–Crippen MR) is 43.0 cm³/mol. The number of hydrogen-bond acceptors (Lipinski definition) is 2. The second-order valence-electron chi connectivity index (χ2n) is 1.05. The molecule has 0 aromatic rings. The molecule has 1 unspecified atom stereocenters. The van der Waals surface area contributed by atoms with Gasteiger partial charge in [0.2, 0.25) is 0 Å². The standard InChI is InChI=1S/C4H9IOS/c1-2-7-4(5)3-6/h4,6H,2-3H2,1H3. The maximum atomic E-state index is 8.44. The van der Waals surface area contributed by atoms with Crippen molar-refractivity contribution in [3.05, 3.63) is 0 Å². The minimum absolute atomic E-state index is 0.291. The molecular weight excluding hydrogens is 223 g/mol. The van der Waals surface area contributed by atoms with E-state index in [0.717, 1.165) is 5.75 Å². The molecule has 3 heteroatoms. The smallest absolute Gasteiger partial charge is 0.0794 e. The first-order valence-electron chi connectivity index (χ1n) is 2.17. The molecule has 0 saturated carbocycles. The van der Waals surface area contributed by atoms with Gasteiger partial charge in [-0.3, -0.25) is 0 Å². The third kappa shape index (κ3) is 4.90. The number of hydrogen-bond donors (Lipinski definition) is 1. The van der Waals surface area contributed by atoms with Crippen LogP contribution in [0.15, 0.2) is 0 Å². The van der Waals surface area contributed by atoms with Crippen molar-refractivity contribution in [2.24, 2.45) is 0 Å². The number of aliphatic hydroxyl groups excluding tert-OH is 1. The topological polar surface area (TPSA) is 20.2 Å². The fraction of sp³-hybridized carbons (Fsp3) is 1.00. The summed E-state index contributed by atoms with van der Waals surface area (Å²) in [4.78, 5) is 0. The molecule has 44 valence electrons. The van der Waals surface area contributed by atoms with Crippen LogP contribution in [0.2, 0.25) is 0 Å². The molecule has 1 nitrogen and oxygen atoms in total. The van der Waals surface area contributed by atoms with Crippen LogP contribution in [0.3, 0.4) is 0 Å². The third-order valence-electron chi connectivity index (χ3n) is 0.491. The van der Waals surface area contributed by atoms with Gasteiger partial charge >= 0.3 is 0 Å². The van der Waals surface area contributed by atoms with E-state index in [1.54, 1.807) is 11.8 Å². The summed E-state index contributed by atoms with van der Waals surface area (Å²) in [7, 11) is 0. The number of halogens is 1. The van der Waals surface area contributed by atoms with E-state index in [-0.39, 0.29) is 0 Å². The molecule has 0 aliphatic carbocycles. The Balaban J connectivity index is 2.83. The average molecular weight is 232 g/mol. The lowest BCUT2D eigenvalue weighted by Crippen LogP contribution is -1.96. The third-order valence-corrected chi connectivity index (χ3v) is 2.81. The van der Waals surface area contributed by atoms with Gasteiger partial charge in [0.1, 0.15) is 0 Å². The van der Waals surface area contributed by atoms with Gasteiger partial charge in [0.25, 0.3) is 0 Å². The zero-order valence-corrected chi connectivity index (χ0v) is 7.20. The van der Waals surface area contributed by atoms with Crippen molar-refractivity contribution in [1.82, 2.24) is 0 Å². The summed E-state index contributed by atoms with van der Waals surface area (Å²) in [6.07, 6.45) is 0. The Bertz CT molecular complexity index is 42.7. The Kier molecular flexibility index (Phi) is 5.95. The summed E-state index contributed by atoms with van der Waals surface area (Å²) in [6, 6.07) is 0. The molecule has 0 bridgehead atoms. The van der Waals surface area contributed by atoms with E-state index in [9.17, 15) is 0 Å². The molecule has 0 amide bonds. The summed E-state index contributed by atoms with van der Waals surface area (Å²) in [5, 5.41) is 8.44. The quantitative estimate of drug-likeness (QED) is 0.587. The van der Waals surface area contributed by atoms with Gasteiger partial charge in [-0.25, -0.2) is 0 Å². The highest BCUT2D eigenvalue weighted by atomic mass is 127. The zero-order valence-electron chi connectivity index (χ0n) is 4.22. The molecule has 7 heavy (non-hydrogen) atoms. The van der Waals surface area contributed by atoms with Gasteiger partial charge in [-0.05, 0) is 5.75 Å². The summed E-state index contributed by atoms with van der Waals surface area (Å²) in [5.41, 5.74) is 0. The molecule has 0 fully saturated rings. The predicted octanol–water partition coefficient (Wildman–Crippen LogP) is 1.49. The Morgan fingerprint density at radius 2 is 2.43 bits per heavy atom. The van der Waals surface area contributed by atoms with Crippen molar-refractivity contribution in [3.8, 4) is 0 Å². The van der Waals surface area contributed by atoms with Crippen LogP contribution >= 0.6 is 34.4 Å². The molecule has 0 saturated heterocycles. The molecule has 0 aliphatic rings. The van der Waals surface area contributed by atoms with Crippen molar-refractivity contribution in [2.75, 3.05) is 12.4 Å². The van der Waals surface area contributed by atoms with Crippen molar-refractivity contribution in [2.45, 2.75) is 10.2 Å². The Morgan fingerprint density at radius 1 is 1.86 bits per heavy atom. The lowest BCUT2D eigenvalue weighted by Gasteiger charge is -1.99. The highest BCUT2D eigenvalue weighted by Crippen LogP contribution is 2.15. The van der Waals surface area contributed by atoms with Crippen molar-refractivity contribution >= 4 is 34.4 Å². The molecule has 0 heterocycles. The van der Waals surface area contributed by atoms with Crippen LogP contribution in [0.4, 0.5) is 0 Å². The molecule has 0 radical (unpaired) electrons. The highest BCUT2D eigenvalue weighted by molar-refractivity contribution is 14.1. The highest BCUT2D eigenvalue weighted by Gasteiger charge is 1.96. The minimum Gasteiger partial charge on any atom is -0.394 e. The van der Waals surface area contributed by atoms with E-state index in [0.29, 0.717) is 9.86 Å². The first-order chi connectivity index (χ1) is 3.31. The maximum Gasteiger partial charge on any atom is 0.0794 e. The summed E-state index contributed by atoms with van der Waals surface area (Å²) >= 11 is 3.99. The number of thioether (sulfide) groups is 1. The second-order valence-corrected chi connectivity index (χ2v) is 4.88. The maximum absolute atomic E-state index is 8.44. The van der Waals surface area contributed by atoms with Crippen LogP contribution in [-0.4, -0.2) is 20.7 Å². The van der Waals surface area contributed by atoms with Gasteiger partial charge in [0.15, 0.2) is 0 Å². The largest absolute Gasteiger partial charge is 0.394 e. The van der Waals surface area contributed by atoms with Crippen LogP contribution in [-0.2, 0) is 0 Å². The molecular formula is C4H9IOS. The summed E-state index contributed by atoms with van der Waals surface area (Å²) in [6.45, 7) is 2.38. The molecule has 0 aromatic heterocycles. The number of alkyl halides is 1. The Hall–Kier alpha value is 1.04. The van der Waals surface area contributed by atoms with E-state index in [1.165, 1.54) is 0 Å². The Labute approximate surface area is 62.0 Å². The van der Waals surface area contributed by atoms with E-state index in [1.807, 2.05) is 0 Å². The number of aliphatic hydroxyl groups is 1. The minimum atomic E-state index is 0.291. The van der Waals surface area contributed by atoms with E-state index >= 15 is 0 Å². The second kappa shape index (κ2) is 5.18. The van der Waals surface area contributed by atoms with E-state index in [4.69, 9.17) is 5.11 Å². The zero-order chi connectivity index (χ0) is 5.70. The summed E-state index contributed by atoms with van der Waals surface area (Å²) in [5.74, 6) is 1.09. The van der Waals surface area contributed by atoms with Crippen molar-refractivity contribution < 1.29 is 5.11 Å². The van der Waals surface area contributed by atoms with E-state index in [2.05, 4.69) is 29.5 Å². The molecule has 0 rings (SSSR count). The van der Waals surface area contributed by atoms with Gasteiger partial charge in [0.05, 0.1) is 9.86 Å². The van der Waals surface area contributed by atoms with Gasteiger partial charge in [-0.1, -0.05) is 29.5 Å². The Morgan fingerprint density at radius 3 is 2.57 bits per heavy atom. The first-order valence-corrected chi connectivity index (χ1v) is 4.47. The van der Waals surface area contributed by atoms with Gasteiger partial charge in [-0.2, -0.15) is 0 Å². The van der Waals surface area contributed by atoms with Crippen LogP contribution in [0.1, 0.15) is 6.92 Å². The van der Waals surface area contributed by atoms with Crippen molar-refractivity contribution in [3.63, 3.8) is 0 Å². The fourth-order valence-corrected chi connectivity index (χ4v) is 1.78. The van der Waals surface area contributed by atoms with Gasteiger partial charge in [-0.15, -0.1) is 11.8 Å². The SMILES string of the molecule is CCSC(I)CO. The van der Waals surface area contributed by atoms with Crippen LogP contribution < -0.4 is 0 Å². The molecule has 0 aromatic carbocycles. The van der Waals surface area contributed by atoms with Gasteiger partial charge < -0.3 is 5.11 Å². The molecule has 0 aliphatic heterocycles. The fourth-order valence-electron chi connectivity index (χ4n) is 0.234. The van der Waals surface area contributed by atoms with Gasteiger partial charge in [0, 0.05) is 0 Å². The van der Waals surface area contributed by atoms with Crippen LogP contribution in [0.25, 0.3) is 0 Å². The molecule has 1 atom stereocenters. The first kappa shape index (κ1) is 8.04. The van der Waals surface area contributed by atoms with Crippen molar-refractivity contribution in [1.29, 1.82) is 0 Å². The monoisotopic (exact) mass is 232 g/mol. The van der Waals surface area contributed by atoms with Crippen LogP contribution in [0, 0.1) is 0 Å². The summed E-state index contributed by atoms with van der Waals surface area (Å²) < 4.78 is 0.391. The lowest BCUT2D eigenvalue weighted by atomic mass is 10.9. The van der Waals surface area contributed by atoms with E-state index < -0.39 is 0 Å². The average Bonchev–Trinajstić information content (AvgIpc) is 1.68. The molecule has 0 spiro atoms. The van der Waals surface area contributed by atoms with Crippen LogP contribution in [0.5, 0.6) is 0 Å². The number of rotatable bonds is 3. The normalized spacial score (nSPS) is 14.1. The molecule has 1 N–H and O–H groups in total. The lowest BCUT2D eigenvalue weighted by molar-refractivity contribution is 0.319.